The minimum absolute atomic E-state index is 0.519. The van der Waals surface area contributed by atoms with Gasteiger partial charge in [-0.3, -0.25) is 0 Å². The van der Waals surface area contributed by atoms with E-state index in [0.717, 1.165) is 6.07 Å². The Morgan fingerprint density at radius 3 is 2.53 bits per heavy atom. The molecular weight excluding hydrogens is 224 g/mol. The molecule has 0 saturated heterocycles. The molecule has 0 fully saturated rings. The van der Waals surface area contributed by atoms with Crippen molar-refractivity contribution in [3.63, 3.8) is 0 Å². The van der Waals surface area contributed by atoms with Gasteiger partial charge in [-0.25, -0.2) is 8.78 Å². The Labute approximate surface area is 97.5 Å². The summed E-state index contributed by atoms with van der Waals surface area (Å²) >= 11 is 0. The van der Waals surface area contributed by atoms with Crippen LogP contribution in [0.3, 0.4) is 0 Å². The second-order valence-electron chi connectivity index (χ2n) is 3.56. The van der Waals surface area contributed by atoms with Gasteiger partial charge in [-0.05, 0) is 36.2 Å². The molecule has 88 valence electrons. The van der Waals surface area contributed by atoms with Crippen LogP contribution >= 0.6 is 0 Å². The van der Waals surface area contributed by atoms with Crippen molar-refractivity contribution in [2.24, 2.45) is 0 Å². The van der Waals surface area contributed by atoms with E-state index in [1.807, 2.05) is 0 Å². The van der Waals surface area contributed by atoms with Gasteiger partial charge in [-0.2, -0.15) is 5.10 Å². The fraction of sp³-hybridized carbons (Fsp3) is 0.167. The van der Waals surface area contributed by atoms with Crippen molar-refractivity contribution < 1.29 is 8.78 Å². The summed E-state index contributed by atoms with van der Waals surface area (Å²) in [4.78, 5) is 0. The molecule has 17 heavy (non-hydrogen) atoms. The molecule has 0 aliphatic carbocycles. The largest absolute Gasteiger partial charge is 0.368 e. The molecule has 0 aliphatic heterocycles. The van der Waals surface area contributed by atoms with Gasteiger partial charge in [0.1, 0.15) is 17.5 Å². The molecule has 0 amide bonds. The molecule has 0 bridgehead atoms. The highest BCUT2D eigenvalue weighted by molar-refractivity contribution is 5.31. The number of halogens is 2. The summed E-state index contributed by atoms with van der Waals surface area (Å²) in [5.74, 6) is -0.469. The van der Waals surface area contributed by atoms with Crippen LogP contribution < -0.4 is 5.32 Å². The minimum atomic E-state index is -0.556. The highest BCUT2D eigenvalue weighted by atomic mass is 19.1. The monoisotopic (exact) mass is 235 g/mol. The first-order valence-electron chi connectivity index (χ1n) is 5.20. The number of hydrogen-bond donors (Lipinski definition) is 1. The Morgan fingerprint density at radius 2 is 1.88 bits per heavy atom. The van der Waals surface area contributed by atoms with Gasteiger partial charge in [-0.1, -0.05) is 0 Å². The zero-order valence-corrected chi connectivity index (χ0v) is 9.03. The quantitative estimate of drug-likeness (QED) is 0.884. The number of anilines is 1. The predicted molar refractivity (Wildman–Crippen MR) is 60.6 cm³/mol. The van der Waals surface area contributed by atoms with Crippen molar-refractivity contribution in [1.82, 2.24) is 10.2 Å². The zero-order valence-electron chi connectivity index (χ0n) is 9.03. The fourth-order valence-corrected chi connectivity index (χ4v) is 1.49. The van der Waals surface area contributed by atoms with Crippen LogP contribution in [0.5, 0.6) is 0 Å². The summed E-state index contributed by atoms with van der Waals surface area (Å²) in [5.41, 5.74) is 0.610. The normalized spacial score (nSPS) is 10.2. The minimum Gasteiger partial charge on any atom is -0.368 e. The predicted octanol–water partition coefficient (Wildman–Crippen LogP) is 2.41. The first-order valence-corrected chi connectivity index (χ1v) is 5.20. The summed E-state index contributed by atoms with van der Waals surface area (Å²) in [6, 6.07) is 7.04. The van der Waals surface area contributed by atoms with E-state index in [-0.39, 0.29) is 0 Å². The van der Waals surface area contributed by atoms with E-state index < -0.39 is 11.6 Å². The molecule has 0 spiro atoms. The Morgan fingerprint density at radius 1 is 1.12 bits per heavy atom. The molecule has 1 heterocycles. The number of nitrogens with one attached hydrogen (secondary N) is 1. The van der Waals surface area contributed by atoms with E-state index in [4.69, 9.17) is 0 Å². The van der Waals surface area contributed by atoms with Gasteiger partial charge in [-0.15, -0.1) is 5.10 Å². The summed E-state index contributed by atoms with van der Waals surface area (Å²) in [5, 5.41) is 10.6. The van der Waals surface area contributed by atoms with Crippen LogP contribution in [0, 0.1) is 11.6 Å². The van der Waals surface area contributed by atoms with Gasteiger partial charge in [0.05, 0.1) is 0 Å². The third kappa shape index (κ3) is 3.48. The lowest BCUT2D eigenvalue weighted by Gasteiger charge is -2.05. The van der Waals surface area contributed by atoms with Crippen LogP contribution in [-0.2, 0) is 6.42 Å². The molecule has 1 aromatic carbocycles. The van der Waals surface area contributed by atoms with E-state index in [1.165, 1.54) is 12.1 Å². The molecule has 0 saturated carbocycles. The van der Waals surface area contributed by atoms with E-state index in [1.54, 1.807) is 18.3 Å². The Kier molecular flexibility index (Phi) is 3.59. The zero-order chi connectivity index (χ0) is 12.1. The maximum absolute atomic E-state index is 12.9. The molecule has 0 atom stereocenters. The maximum Gasteiger partial charge on any atom is 0.148 e. The summed E-state index contributed by atoms with van der Waals surface area (Å²) in [6.45, 7) is 0.543. The van der Waals surface area contributed by atoms with E-state index in [9.17, 15) is 8.78 Å². The van der Waals surface area contributed by atoms with Gasteiger partial charge in [0, 0.05) is 18.8 Å². The topological polar surface area (TPSA) is 37.8 Å². The van der Waals surface area contributed by atoms with Crippen LogP contribution in [0.25, 0.3) is 0 Å². The van der Waals surface area contributed by atoms with Crippen molar-refractivity contribution in [2.45, 2.75) is 6.42 Å². The Bertz CT molecular complexity index is 468. The number of nitrogens with zero attached hydrogens (tertiary/aromatic N) is 2. The molecule has 0 aliphatic rings. The third-order valence-corrected chi connectivity index (χ3v) is 2.21. The van der Waals surface area contributed by atoms with E-state index >= 15 is 0 Å². The van der Waals surface area contributed by atoms with Crippen LogP contribution in [0.4, 0.5) is 14.6 Å². The second-order valence-corrected chi connectivity index (χ2v) is 3.56. The van der Waals surface area contributed by atoms with Crippen molar-refractivity contribution in [3.8, 4) is 0 Å². The summed E-state index contributed by atoms with van der Waals surface area (Å²) in [6.07, 6.45) is 2.10. The number of rotatable bonds is 4. The summed E-state index contributed by atoms with van der Waals surface area (Å²) < 4.78 is 25.8. The van der Waals surface area contributed by atoms with Gasteiger partial charge in [0.2, 0.25) is 0 Å². The van der Waals surface area contributed by atoms with Gasteiger partial charge < -0.3 is 5.32 Å². The highest BCUT2D eigenvalue weighted by Crippen LogP contribution is 2.08. The molecule has 0 radical (unpaired) electrons. The second kappa shape index (κ2) is 5.34. The lowest BCUT2D eigenvalue weighted by molar-refractivity contribution is 0.580. The van der Waals surface area contributed by atoms with Crippen molar-refractivity contribution in [1.29, 1.82) is 0 Å². The SMILES string of the molecule is Fc1cc(F)cc(CCNc2cccnn2)c1. The smallest absolute Gasteiger partial charge is 0.148 e. The average Bonchev–Trinajstić information content (AvgIpc) is 2.29. The van der Waals surface area contributed by atoms with Gasteiger partial charge in [0.15, 0.2) is 0 Å². The Hall–Kier alpha value is -2.04. The highest BCUT2D eigenvalue weighted by Gasteiger charge is 2.00. The van der Waals surface area contributed by atoms with Crippen LogP contribution in [0.15, 0.2) is 36.5 Å². The molecule has 3 nitrogen and oxygen atoms in total. The summed E-state index contributed by atoms with van der Waals surface area (Å²) in [7, 11) is 0. The van der Waals surface area contributed by atoms with E-state index in [0.29, 0.717) is 24.3 Å². The van der Waals surface area contributed by atoms with Crippen LogP contribution in [0.2, 0.25) is 0 Å². The standard InChI is InChI=1S/C12H11F2N3/c13-10-6-9(7-11(14)8-10)3-5-15-12-2-1-4-16-17-12/h1-2,4,6-8H,3,5H2,(H,15,17). The number of hydrogen-bond acceptors (Lipinski definition) is 3. The fourth-order valence-electron chi connectivity index (χ4n) is 1.49. The van der Waals surface area contributed by atoms with Crippen molar-refractivity contribution >= 4 is 5.82 Å². The molecule has 1 N–H and O–H groups in total. The number of benzene rings is 1. The third-order valence-electron chi connectivity index (χ3n) is 2.21. The van der Waals surface area contributed by atoms with Crippen molar-refractivity contribution in [3.05, 3.63) is 53.7 Å². The van der Waals surface area contributed by atoms with Gasteiger partial charge in [0.25, 0.3) is 0 Å². The first kappa shape index (κ1) is 11.4. The van der Waals surface area contributed by atoms with Crippen LogP contribution in [0.1, 0.15) is 5.56 Å². The molecule has 5 heteroatoms. The molecular formula is C12H11F2N3. The lowest BCUT2D eigenvalue weighted by atomic mass is 10.1. The molecule has 2 aromatic rings. The molecule has 2 rings (SSSR count). The maximum atomic E-state index is 12.9. The van der Waals surface area contributed by atoms with Crippen LogP contribution in [-0.4, -0.2) is 16.7 Å². The van der Waals surface area contributed by atoms with Gasteiger partial charge >= 0.3 is 0 Å². The Balaban J connectivity index is 1.90. The number of aromatic nitrogens is 2. The average molecular weight is 235 g/mol. The van der Waals surface area contributed by atoms with Crippen molar-refractivity contribution in [2.75, 3.05) is 11.9 Å². The first-order chi connectivity index (χ1) is 8.24. The lowest BCUT2D eigenvalue weighted by Crippen LogP contribution is -2.07. The van der Waals surface area contributed by atoms with E-state index in [2.05, 4.69) is 15.5 Å². The molecule has 0 unspecified atom stereocenters. The molecule has 1 aromatic heterocycles.